The Morgan fingerprint density at radius 3 is 2.33 bits per heavy atom. The Morgan fingerprint density at radius 2 is 1.67 bits per heavy atom. The fourth-order valence-corrected chi connectivity index (χ4v) is 3.69. The van der Waals surface area contributed by atoms with E-state index in [1.54, 1.807) is 14.2 Å². The Bertz CT molecular complexity index is 482. The van der Waals surface area contributed by atoms with Crippen LogP contribution in [0, 0.1) is 0 Å². The minimum atomic E-state index is 0.400. The van der Waals surface area contributed by atoms with Crippen LogP contribution in [0.2, 0.25) is 0 Å². The van der Waals surface area contributed by atoms with Crippen molar-refractivity contribution in [2.75, 3.05) is 33.9 Å². The zero-order valence-corrected chi connectivity index (χ0v) is 13.2. The molecule has 4 heteroatoms. The smallest absolute Gasteiger partial charge is 0.124 e. The van der Waals surface area contributed by atoms with Gasteiger partial charge in [0, 0.05) is 24.2 Å². The highest BCUT2D eigenvalue weighted by Gasteiger charge is 2.31. The molecule has 1 atom stereocenters. The van der Waals surface area contributed by atoms with E-state index in [1.807, 2.05) is 12.1 Å². The van der Waals surface area contributed by atoms with Crippen molar-refractivity contribution in [2.45, 2.75) is 38.3 Å². The molecule has 0 saturated carbocycles. The van der Waals surface area contributed by atoms with E-state index in [0.717, 1.165) is 24.6 Å². The molecule has 0 bridgehead atoms. The number of likely N-dealkylation sites (tertiary alicyclic amines) is 1. The van der Waals surface area contributed by atoms with E-state index in [2.05, 4.69) is 10.2 Å². The molecule has 1 aromatic rings. The van der Waals surface area contributed by atoms with Crippen LogP contribution in [0.15, 0.2) is 12.1 Å². The average Bonchev–Trinajstić information content (AvgIpc) is 2.82. The number of fused-ring (bicyclic) bond motifs is 1. The Hall–Kier alpha value is -1.26. The first-order valence-corrected chi connectivity index (χ1v) is 8.03. The van der Waals surface area contributed by atoms with Gasteiger partial charge in [0.15, 0.2) is 0 Å². The van der Waals surface area contributed by atoms with Gasteiger partial charge in [-0.15, -0.1) is 0 Å². The normalized spacial score (nSPS) is 23.2. The maximum Gasteiger partial charge on any atom is 0.124 e. The summed E-state index contributed by atoms with van der Waals surface area (Å²) in [6.07, 6.45) is 5.33. The molecule has 1 fully saturated rings. The zero-order valence-electron chi connectivity index (χ0n) is 13.2. The Kier molecular flexibility index (Phi) is 4.66. The van der Waals surface area contributed by atoms with Gasteiger partial charge in [-0.1, -0.05) is 12.8 Å². The van der Waals surface area contributed by atoms with Gasteiger partial charge in [-0.2, -0.15) is 0 Å². The van der Waals surface area contributed by atoms with Gasteiger partial charge in [0.25, 0.3) is 0 Å². The zero-order chi connectivity index (χ0) is 14.7. The number of rotatable bonds is 3. The second-order valence-corrected chi connectivity index (χ2v) is 5.96. The summed E-state index contributed by atoms with van der Waals surface area (Å²) in [7, 11) is 3.52. The minimum Gasteiger partial charge on any atom is -0.496 e. The molecule has 2 aliphatic rings. The second kappa shape index (κ2) is 6.67. The van der Waals surface area contributed by atoms with Crippen molar-refractivity contribution in [2.24, 2.45) is 0 Å². The molecule has 1 saturated heterocycles. The Morgan fingerprint density at radius 1 is 1.00 bits per heavy atom. The summed E-state index contributed by atoms with van der Waals surface area (Å²) >= 11 is 0. The first kappa shape index (κ1) is 14.7. The quantitative estimate of drug-likeness (QED) is 0.928. The van der Waals surface area contributed by atoms with Gasteiger partial charge in [-0.3, -0.25) is 4.90 Å². The summed E-state index contributed by atoms with van der Waals surface area (Å²) in [5, 5.41) is 3.56. The molecule has 2 heterocycles. The number of hydrogen-bond acceptors (Lipinski definition) is 4. The van der Waals surface area contributed by atoms with Crippen molar-refractivity contribution in [1.29, 1.82) is 0 Å². The molecule has 0 radical (unpaired) electrons. The fourth-order valence-electron chi connectivity index (χ4n) is 3.69. The van der Waals surface area contributed by atoms with Crippen LogP contribution in [0.1, 0.15) is 42.9 Å². The molecule has 4 nitrogen and oxygen atoms in total. The van der Waals surface area contributed by atoms with Crippen LogP contribution in [0.4, 0.5) is 0 Å². The number of nitrogens with one attached hydrogen (secondary N) is 1. The van der Waals surface area contributed by atoms with E-state index < -0.39 is 0 Å². The third-order valence-electron chi connectivity index (χ3n) is 4.77. The molecule has 3 rings (SSSR count). The molecule has 2 aliphatic heterocycles. The molecule has 0 spiro atoms. The van der Waals surface area contributed by atoms with Gasteiger partial charge in [-0.05, 0) is 38.1 Å². The van der Waals surface area contributed by atoms with Crippen LogP contribution in [0.5, 0.6) is 11.5 Å². The largest absolute Gasteiger partial charge is 0.496 e. The van der Waals surface area contributed by atoms with Crippen molar-refractivity contribution in [3.63, 3.8) is 0 Å². The Labute approximate surface area is 127 Å². The molecule has 0 aliphatic carbocycles. The van der Waals surface area contributed by atoms with Crippen molar-refractivity contribution in [1.82, 2.24) is 10.2 Å². The third kappa shape index (κ3) is 2.87. The Balaban J connectivity index is 1.98. The van der Waals surface area contributed by atoms with Crippen LogP contribution >= 0.6 is 0 Å². The topological polar surface area (TPSA) is 33.7 Å². The molecule has 1 aromatic carbocycles. The van der Waals surface area contributed by atoms with Gasteiger partial charge >= 0.3 is 0 Å². The van der Waals surface area contributed by atoms with Crippen LogP contribution in [0.25, 0.3) is 0 Å². The van der Waals surface area contributed by atoms with E-state index in [0.29, 0.717) is 6.04 Å². The lowest BCUT2D eigenvalue weighted by Crippen LogP contribution is -2.40. The number of methoxy groups -OCH3 is 2. The molecule has 116 valence electrons. The molecular formula is C17H26N2O2. The fraction of sp³-hybridized carbons (Fsp3) is 0.647. The summed E-state index contributed by atoms with van der Waals surface area (Å²) in [6.45, 7) is 4.23. The highest BCUT2D eigenvalue weighted by molar-refractivity contribution is 5.51. The molecule has 0 unspecified atom stereocenters. The predicted octanol–water partition coefficient (Wildman–Crippen LogP) is 2.72. The molecular weight excluding hydrogens is 264 g/mol. The maximum absolute atomic E-state index is 5.65. The number of hydrogen-bond donors (Lipinski definition) is 1. The van der Waals surface area contributed by atoms with Crippen molar-refractivity contribution < 1.29 is 9.47 Å². The molecule has 1 N–H and O–H groups in total. The second-order valence-electron chi connectivity index (χ2n) is 5.96. The lowest BCUT2D eigenvalue weighted by molar-refractivity contribution is 0.186. The predicted molar refractivity (Wildman–Crippen MR) is 84.0 cm³/mol. The molecule has 21 heavy (non-hydrogen) atoms. The first-order valence-electron chi connectivity index (χ1n) is 8.03. The van der Waals surface area contributed by atoms with Gasteiger partial charge in [-0.25, -0.2) is 0 Å². The van der Waals surface area contributed by atoms with Crippen LogP contribution in [-0.2, 0) is 6.54 Å². The minimum absolute atomic E-state index is 0.400. The standard InChI is InChI=1S/C17H26N2O2/c1-20-15-7-8-16(21-2)17-13(15)11-18-12-14(17)19-9-5-3-4-6-10-19/h7-8,14,18H,3-6,9-12H2,1-2H3/t14-/m1/s1. The van der Waals surface area contributed by atoms with Crippen molar-refractivity contribution in [3.8, 4) is 11.5 Å². The van der Waals surface area contributed by atoms with Gasteiger partial charge in [0.1, 0.15) is 11.5 Å². The number of ether oxygens (including phenoxy) is 2. The van der Waals surface area contributed by atoms with Crippen molar-refractivity contribution in [3.05, 3.63) is 23.3 Å². The van der Waals surface area contributed by atoms with Crippen molar-refractivity contribution >= 4 is 0 Å². The molecule has 0 aromatic heterocycles. The van der Waals surface area contributed by atoms with E-state index >= 15 is 0 Å². The molecule has 0 amide bonds. The van der Waals surface area contributed by atoms with Gasteiger partial charge in [0.2, 0.25) is 0 Å². The summed E-state index contributed by atoms with van der Waals surface area (Å²) in [6, 6.07) is 4.47. The number of benzene rings is 1. The van der Waals surface area contributed by atoms with Crippen LogP contribution in [-0.4, -0.2) is 38.8 Å². The number of nitrogens with zero attached hydrogens (tertiary/aromatic N) is 1. The maximum atomic E-state index is 5.65. The van der Waals surface area contributed by atoms with Crippen LogP contribution < -0.4 is 14.8 Å². The summed E-state index contributed by atoms with van der Waals surface area (Å²) < 4.78 is 11.2. The monoisotopic (exact) mass is 290 g/mol. The van der Waals surface area contributed by atoms with Gasteiger partial charge in [0.05, 0.1) is 20.3 Å². The first-order chi connectivity index (χ1) is 10.3. The highest BCUT2D eigenvalue weighted by Crippen LogP contribution is 2.40. The average molecular weight is 290 g/mol. The summed E-state index contributed by atoms with van der Waals surface area (Å²) in [5.41, 5.74) is 2.59. The summed E-state index contributed by atoms with van der Waals surface area (Å²) in [4.78, 5) is 2.62. The van der Waals surface area contributed by atoms with Crippen LogP contribution in [0.3, 0.4) is 0 Å². The van der Waals surface area contributed by atoms with E-state index in [4.69, 9.17) is 9.47 Å². The summed E-state index contributed by atoms with van der Waals surface area (Å²) in [5.74, 6) is 1.97. The highest BCUT2D eigenvalue weighted by atomic mass is 16.5. The lowest BCUT2D eigenvalue weighted by Gasteiger charge is -2.37. The van der Waals surface area contributed by atoms with E-state index in [9.17, 15) is 0 Å². The van der Waals surface area contributed by atoms with Gasteiger partial charge < -0.3 is 14.8 Å². The van der Waals surface area contributed by atoms with E-state index in [-0.39, 0.29) is 0 Å². The van der Waals surface area contributed by atoms with E-state index in [1.165, 1.54) is 49.9 Å². The third-order valence-corrected chi connectivity index (χ3v) is 4.77. The SMILES string of the molecule is COc1ccc(OC)c2c1CNC[C@H]2N1CCCCCC1. The lowest BCUT2D eigenvalue weighted by atomic mass is 9.93.